The number of β-lactam (4-membered cyclic amide) rings is 1. The number of carbonyl (C=O) groups excluding carboxylic acids is 3. The number of hydrogen-bond acceptors (Lipinski definition) is 5. The summed E-state index contributed by atoms with van der Waals surface area (Å²) in [6.07, 6.45) is 0.0854. The second kappa shape index (κ2) is 8.15. The molecule has 29 heavy (non-hydrogen) atoms. The van der Waals surface area contributed by atoms with Crippen molar-refractivity contribution in [3.63, 3.8) is 0 Å². The summed E-state index contributed by atoms with van der Waals surface area (Å²) in [4.78, 5) is 38.7. The van der Waals surface area contributed by atoms with Crippen LogP contribution < -0.4 is 5.32 Å². The maximum absolute atomic E-state index is 13.0. The molecule has 7 nitrogen and oxygen atoms in total. The van der Waals surface area contributed by atoms with Crippen LogP contribution in [0.1, 0.15) is 19.4 Å². The minimum absolute atomic E-state index is 0.0854. The molecule has 2 unspecified atom stereocenters. The molecule has 0 aliphatic carbocycles. The van der Waals surface area contributed by atoms with Crippen LogP contribution in [0.25, 0.3) is 0 Å². The van der Waals surface area contributed by atoms with Crippen molar-refractivity contribution < 1.29 is 23.7 Å². The van der Waals surface area contributed by atoms with Crippen LogP contribution in [-0.2, 0) is 36.7 Å². The van der Waals surface area contributed by atoms with Crippen molar-refractivity contribution in [2.45, 2.75) is 46.3 Å². The van der Waals surface area contributed by atoms with Crippen LogP contribution >= 0.6 is 34.8 Å². The van der Waals surface area contributed by atoms with E-state index in [0.29, 0.717) is 0 Å². The van der Waals surface area contributed by atoms with Crippen molar-refractivity contribution in [2.75, 3.05) is 6.61 Å². The molecule has 0 radical (unpaired) electrons. The van der Waals surface area contributed by atoms with Gasteiger partial charge >= 0.3 is 5.97 Å². The standard InChI is InChI=1S/C18H19Cl3N2O5S/c1-17(2)13(16(26)28-9-18(19,20)21)23-14(25)12(15(23)29(17)27)22-11(24)8-10-6-4-3-5-7-10/h3-7,12-13,15H,8-9H2,1-2H3,(H,22,24)/t12?,13-,15+,29?/m0/s1. The zero-order valence-corrected chi connectivity index (χ0v) is 18.6. The predicted octanol–water partition coefficient (Wildman–Crippen LogP) is 1.71. The minimum atomic E-state index is -1.80. The molecule has 1 aromatic carbocycles. The number of amides is 2. The first-order valence-electron chi connectivity index (χ1n) is 8.73. The summed E-state index contributed by atoms with van der Waals surface area (Å²) < 4.78 is 15.1. The Kier molecular flexibility index (Phi) is 6.32. The van der Waals surface area contributed by atoms with Gasteiger partial charge in [0.1, 0.15) is 6.61 Å². The van der Waals surface area contributed by atoms with Crippen molar-refractivity contribution >= 4 is 63.8 Å². The Labute approximate surface area is 186 Å². The van der Waals surface area contributed by atoms with Crippen LogP contribution in [0.5, 0.6) is 0 Å². The normalized spacial score (nSPS) is 27.8. The lowest BCUT2D eigenvalue weighted by molar-refractivity contribution is -0.164. The van der Waals surface area contributed by atoms with Gasteiger partial charge in [-0.3, -0.25) is 14.5 Å². The van der Waals surface area contributed by atoms with Crippen molar-refractivity contribution in [1.82, 2.24) is 10.2 Å². The SMILES string of the molecule is CC1(C)[C@H](C(=O)OCC(Cl)(Cl)Cl)N2C(=O)C(NC(=O)Cc3ccccc3)[C@H]2[S+]1[O-]. The predicted molar refractivity (Wildman–Crippen MR) is 110 cm³/mol. The topological polar surface area (TPSA) is 98.8 Å². The third kappa shape index (κ3) is 4.46. The summed E-state index contributed by atoms with van der Waals surface area (Å²) in [6.45, 7) is 2.69. The molecule has 2 aliphatic heterocycles. The van der Waals surface area contributed by atoms with Crippen LogP contribution in [0, 0.1) is 0 Å². The average Bonchev–Trinajstić information content (AvgIpc) is 2.82. The van der Waals surface area contributed by atoms with Crippen LogP contribution in [0.4, 0.5) is 0 Å². The van der Waals surface area contributed by atoms with E-state index < -0.39 is 55.7 Å². The molecule has 2 amide bonds. The first-order valence-corrected chi connectivity index (χ1v) is 11.1. The molecule has 1 N–H and O–H groups in total. The fraction of sp³-hybridized carbons (Fsp3) is 0.500. The zero-order valence-electron chi connectivity index (χ0n) is 15.6. The van der Waals surface area contributed by atoms with Gasteiger partial charge in [-0.05, 0) is 30.6 Å². The molecule has 158 valence electrons. The first-order chi connectivity index (χ1) is 13.4. The van der Waals surface area contributed by atoms with Crippen molar-refractivity contribution in [3.8, 4) is 0 Å². The molecule has 2 aliphatic rings. The Bertz CT molecular complexity index is 817. The highest BCUT2D eigenvalue weighted by atomic mass is 35.6. The largest absolute Gasteiger partial charge is 0.614 e. The van der Waals surface area contributed by atoms with Crippen LogP contribution in [0.15, 0.2) is 30.3 Å². The lowest BCUT2D eigenvalue weighted by atomic mass is 9.96. The van der Waals surface area contributed by atoms with E-state index in [9.17, 15) is 18.9 Å². The Morgan fingerprint density at radius 3 is 2.48 bits per heavy atom. The van der Waals surface area contributed by atoms with Gasteiger partial charge in [-0.2, -0.15) is 0 Å². The van der Waals surface area contributed by atoms with E-state index in [1.807, 2.05) is 6.07 Å². The number of nitrogens with zero attached hydrogens (tertiary/aromatic N) is 1. The average molecular weight is 482 g/mol. The Balaban J connectivity index is 1.70. The molecule has 2 fully saturated rings. The second-order valence-corrected chi connectivity index (χ2v) is 12.0. The maximum atomic E-state index is 13.0. The number of halogens is 3. The second-order valence-electron chi connectivity index (χ2n) is 7.37. The first kappa shape index (κ1) is 22.5. The Morgan fingerprint density at radius 2 is 1.90 bits per heavy atom. The number of alkyl halides is 3. The summed E-state index contributed by atoms with van der Waals surface area (Å²) in [6, 6.07) is 6.97. The number of ether oxygens (including phenoxy) is 1. The highest BCUT2D eigenvalue weighted by Gasteiger charge is 2.73. The number of fused-ring (bicyclic) bond motifs is 1. The molecular formula is C18H19Cl3N2O5S. The monoisotopic (exact) mass is 480 g/mol. The molecule has 4 atom stereocenters. The molecule has 0 aromatic heterocycles. The molecule has 0 spiro atoms. The molecule has 0 bridgehead atoms. The van der Waals surface area contributed by atoms with E-state index in [1.54, 1.807) is 38.1 Å². The van der Waals surface area contributed by atoms with Crippen molar-refractivity contribution in [2.24, 2.45) is 0 Å². The van der Waals surface area contributed by atoms with Crippen LogP contribution in [0.3, 0.4) is 0 Å². The van der Waals surface area contributed by atoms with E-state index in [-0.39, 0.29) is 12.3 Å². The summed E-state index contributed by atoms with van der Waals surface area (Å²) in [7, 11) is 0. The molecular weight excluding hydrogens is 463 g/mol. The number of benzene rings is 1. The number of rotatable bonds is 5. The Morgan fingerprint density at radius 1 is 1.28 bits per heavy atom. The zero-order chi connectivity index (χ0) is 21.6. The fourth-order valence-corrected chi connectivity index (χ4v) is 5.59. The smallest absolute Gasteiger partial charge is 0.334 e. The lowest BCUT2D eigenvalue weighted by Gasteiger charge is -2.41. The van der Waals surface area contributed by atoms with Gasteiger partial charge in [-0.15, -0.1) is 0 Å². The van der Waals surface area contributed by atoms with E-state index in [4.69, 9.17) is 39.5 Å². The van der Waals surface area contributed by atoms with Gasteiger partial charge < -0.3 is 14.6 Å². The summed E-state index contributed by atoms with van der Waals surface area (Å²) >= 11 is 15.2. The summed E-state index contributed by atoms with van der Waals surface area (Å²) in [5.74, 6) is -1.67. The van der Waals surface area contributed by atoms with E-state index in [1.165, 1.54) is 4.90 Å². The Hall–Kier alpha value is -1.19. The fourth-order valence-electron chi connectivity index (χ4n) is 3.51. The van der Waals surface area contributed by atoms with Crippen molar-refractivity contribution in [1.29, 1.82) is 0 Å². The molecule has 11 heteroatoms. The number of carbonyl (C=O) groups is 3. The maximum Gasteiger partial charge on any atom is 0.334 e. The number of hydrogen-bond donors (Lipinski definition) is 1. The highest BCUT2D eigenvalue weighted by molar-refractivity contribution is 7.94. The van der Waals surface area contributed by atoms with Gasteiger partial charge in [-0.1, -0.05) is 65.1 Å². The van der Waals surface area contributed by atoms with Gasteiger partial charge in [0.25, 0.3) is 5.91 Å². The highest BCUT2D eigenvalue weighted by Crippen LogP contribution is 2.46. The number of esters is 1. The van der Waals surface area contributed by atoms with Gasteiger partial charge in [0.2, 0.25) is 15.1 Å². The van der Waals surface area contributed by atoms with Gasteiger partial charge in [-0.25, -0.2) is 4.79 Å². The molecule has 0 saturated carbocycles. The van der Waals surface area contributed by atoms with Gasteiger partial charge in [0.05, 0.1) is 6.42 Å². The van der Waals surface area contributed by atoms with Crippen LogP contribution in [0.2, 0.25) is 0 Å². The molecule has 1 aromatic rings. The molecule has 2 heterocycles. The van der Waals surface area contributed by atoms with Gasteiger partial charge in [0.15, 0.2) is 16.8 Å². The molecule has 3 rings (SSSR count). The summed E-state index contributed by atoms with van der Waals surface area (Å²) in [5.41, 5.74) is 0.787. The minimum Gasteiger partial charge on any atom is -0.614 e. The third-order valence-corrected chi connectivity index (χ3v) is 7.41. The lowest BCUT2D eigenvalue weighted by Crippen LogP contribution is -2.72. The van der Waals surface area contributed by atoms with E-state index in [0.717, 1.165) is 5.56 Å². The quantitative estimate of drug-likeness (QED) is 0.299. The third-order valence-electron chi connectivity index (χ3n) is 4.88. The van der Waals surface area contributed by atoms with E-state index >= 15 is 0 Å². The van der Waals surface area contributed by atoms with Crippen molar-refractivity contribution in [3.05, 3.63) is 35.9 Å². The summed E-state index contributed by atoms with van der Waals surface area (Å²) in [5, 5.41) is 1.81. The molecule has 2 saturated heterocycles. The number of nitrogens with one attached hydrogen (secondary N) is 1. The van der Waals surface area contributed by atoms with Crippen LogP contribution in [-0.4, -0.2) is 59.8 Å². The van der Waals surface area contributed by atoms with E-state index in [2.05, 4.69) is 5.32 Å². The van der Waals surface area contributed by atoms with Gasteiger partial charge in [0, 0.05) is 0 Å².